The lowest BCUT2D eigenvalue weighted by Gasteiger charge is -2.39. The molecular weight excluding hydrogens is 630 g/mol. The highest BCUT2D eigenvalue weighted by molar-refractivity contribution is 9.08. The van der Waals surface area contributed by atoms with Crippen LogP contribution in [0.15, 0.2) is 91.0 Å². The number of carbonyl (C=O) groups is 1. The van der Waals surface area contributed by atoms with Gasteiger partial charge in [0.15, 0.2) is 0 Å². The van der Waals surface area contributed by atoms with Gasteiger partial charge in [-0.25, -0.2) is 4.79 Å². The predicted octanol–water partition coefficient (Wildman–Crippen LogP) is 9.03. The normalized spacial score (nSPS) is 16.9. The fraction of sp³-hybridized carbons (Fsp3) is 0.395. The lowest BCUT2D eigenvalue weighted by Crippen LogP contribution is -2.48. The standard InChI is InChI=1S/C38H44BrNO5/c1-38(2,3)45-37(41)40-19-18-35(36(25-40)44-27-30-11-13-32-22-29(24-39)10-12-33(32)23-30)31-14-16-34(17-15-31)43-21-7-20-42-26-28-8-5-4-6-9-28/h4-6,8-17,22-23,35-36H,7,18-21,24-27H2,1-3H3. The van der Waals surface area contributed by atoms with Crippen molar-refractivity contribution in [3.8, 4) is 5.75 Å². The van der Waals surface area contributed by atoms with Crippen LogP contribution in [0.1, 0.15) is 61.8 Å². The molecule has 2 atom stereocenters. The van der Waals surface area contributed by atoms with Gasteiger partial charge in [0.2, 0.25) is 0 Å². The highest BCUT2D eigenvalue weighted by Crippen LogP contribution is 2.33. The average molecular weight is 675 g/mol. The lowest BCUT2D eigenvalue weighted by atomic mass is 9.87. The SMILES string of the molecule is CC(C)(C)OC(=O)N1CCC(c2ccc(OCCCOCc3ccccc3)cc2)C(OCc2ccc3cc(CBr)ccc3c2)C1. The van der Waals surface area contributed by atoms with Crippen LogP contribution in [0.3, 0.4) is 0 Å². The highest BCUT2D eigenvalue weighted by atomic mass is 79.9. The first-order valence-electron chi connectivity index (χ1n) is 15.8. The summed E-state index contributed by atoms with van der Waals surface area (Å²) in [6, 6.07) is 31.5. The van der Waals surface area contributed by atoms with Crippen molar-refractivity contribution in [1.82, 2.24) is 4.90 Å². The summed E-state index contributed by atoms with van der Waals surface area (Å²) in [6.45, 7) is 9.11. The Morgan fingerprint density at radius 3 is 2.27 bits per heavy atom. The van der Waals surface area contributed by atoms with Crippen molar-refractivity contribution in [2.45, 2.75) is 69.8 Å². The third-order valence-corrected chi connectivity index (χ3v) is 8.57. The number of benzene rings is 4. The molecule has 45 heavy (non-hydrogen) atoms. The second-order valence-corrected chi connectivity index (χ2v) is 13.2. The van der Waals surface area contributed by atoms with Crippen LogP contribution in [-0.4, -0.2) is 49.0 Å². The molecule has 6 nitrogen and oxygen atoms in total. The number of piperidine rings is 1. The Hall–Kier alpha value is -3.39. The molecule has 0 aliphatic carbocycles. The van der Waals surface area contributed by atoms with Gasteiger partial charge in [0, 0.05) is 24.2 Å². The lowest BCUT2D eigenvalue weighted by molar-refractivity contribution is -0.0359. The first-order valence-corrected chi connectivity index (χ1v) is 16.9. The predicted molar refractivity (Wildman–Crippen MR) is 183 cm³/mol. The fourth-order valence-corrected chi connectivity index (χ4v) is 5.96. The number of alkyl halides is 1. The summed E-state index contributed by atoms with van der Waals surface area (Å²) in [5.41, 5.74) is 4.17. The smallest absolute Gasteiger partial charge is 0.410 e. The Balaban J connectivity index is 1.19. The zero-order valence-corrected chi connectivity index (χ0v) is 28.1. The highest BCUT2D eigenvalue weighted by Gasteiger charge is 2.35. The Morgan fingerprint density at radius 1 is 0.844 bits per heavy atom. The van der Waals surface area contributed by atoms with Gasteiger partial charge in [0.05, 0.1) is 39.1 Å². The maximum Gasteiger partial charge on any atom is 0.410 e. The van der Waals surface area contributed by atoms with Crippen LogP contribution in [0, 0.1) is 0 Å². The molecule has 0 bridgehead atoms. The van der Waals surface area contributed by atoms with Crippen molar-refractivity contribution in [2.75, 3.05) is 26.3 Å². The van der Waals surface area contributed by atoms with Crippen LogP contribution < -0.4 is 4.74 Å². The third kappa shape index (κ3) is 9.80. The van der Waals surface area contributed by atoms with Gasteiger partial charge >= 0.3 is 6.09 Å². The maximum absolute atomic E-state index is 13.0. The van der Waals surface area contributed by atoms with Crippen LogP contribution >= 0.6 is 15.9 Å². The van der Waals surface area contributed by atoms with Crippen molar-refractivity contribution >= 4 is 32.8 Å². The van der Waals surface area contributed by atoms with Gasteiger partial charge in [0.25, 0.3) is 0 Å². The van der Waals surface area contributed by atoms with E-state index in [1.807, 2.05) is 51.1 Å². The summed E-state index contributed by atoms with van der Waals surface area (Å²) >= 11 is 3.54. The van der Waals surface area contributed by atoms with Crippen molar-refractivity contribution in [1.29, 1.82) is 0 Å². The van der Waals surface area contributed by atoms with Crippen LogP contribution in [0.4, 0.5) is 4.79 Å². The molecule has 2 unspecified atom stereocenters. The number of hydrogen-bond acceptors (Lipinski definition) is 5. The minimum Gasteiger partial charge on any atom is -0.494 e. The van der Waals surface area contributed by atoms with E-state index in [0.29, 0.717) is 39.5 Å². The van der Waals surface area contributed by atoms with Crippen LogP contribution in [0.2, 0.25) is 0 Å². The van der Waals surface area contributed by atoms with E-state index in [0.717, 1.165) is 29.5 Å². The molecule has 7 heteroatoms. The summed E-state index contributed by atoms with van der Waals surface area (Å²) in [5.74, 6) is 0.982. The molecule has 1 amide bonds. The number of fused-ring (bicyclic) bond motifs is 1. The fourth-order valence-electron chi connectivity index (χ4n) is 5.61. The molecule has 1 fully saturated rings. The monoisotopic (exact) mass is 673 g/mol. The van der Waals surface area contributed by atoms with Gasteiger partial charge in [-0.1, -0.05) is 88.7 Å². The molecule has 0 aromatic heterocycles. The van der Waals surface area contributed by atoms with E-state index in [1.54, 1.807) is 4.90 Å². The first kappa shape index (κ1) is 33.0. The molecule has 1 heterocycles. The molecule has 0 N–H and O–H groups in total. The third-order valence-electron chi connectivity index (χ3n) is 7.92. The molecule has 1 aliphatic heterocycles. The van der Waals surface area contributed by atoms with Crippen LogP contribution in [-0.2, 0) is 32.8 Å². The molecule has 1 saturated heterocycles. The van der Waals surface area contributed by atoms with Crippen molar-refractivity contribution in [3.63, 3.8) is 0 Å². The largest absolute Gasteiger partial charge is 0.494 e. The van der Waals surface area contributed by atoms with Crippen LogP contribution in [0.25, 0.3) is 10.8 Å². The number of likely N-dealkylation sites (tertiary alicyclic amines) is 1. The molecule has 4 aromatic rings. The number of ether oxygens (including phenoxy) is 4. The second kappa shape index (κ2) is 15.7. The molecule has 238 valence electrons. The first-order chi connectivity index (χ1) is 21.8. The summed E-state index contributed by atoms with van der Waals surface area (Å²) in [4.78, 5) is 14.8. The molecule has 0 saturated carbocycles. The minimum atomic E-state index is -0.548. The topological polar surface area (TPSA) is 57.2 Å². The number of carbonyl (C=O) groups excluding carboxylic acids is 1. The van der Waals surface area contributed by atoms with E-state index in [9.17, 15) is 4.79 Å². The number of hydrogen-bond donors (Lipinski definition) is 0. The summed E-state index contributed by atoms with van der Waals surface area (Å²) in [5, 5.41) is 3.24. The van der Waals surface area contributed by atoms with Crippen molar-refractivity contribution in [2.24, 2.45) is 0 Å². The average Bonchev–Trinajstić information content (AvgIpc) is 3.05. The zero-order valence-electron chi connectivity index (χ0n) is 26.5. The van der Waals surface area contributed by atoms with Crippen LogP contribution in [0.5, 0.6) is 5.75 Å². The minimum absolute atomic E-state index is 0.145. The van der Waals surface area contributed by atoms with E-state index < -0.39 is 5.60 Å². The second-order valence-electron chi connectivity index (χ2n) is 12.6. The van der Waals surface area contributed by atoms with E-state index in [-0.39, 0.29) is 18.1 Å². The number of amides is 1. The Morgan fingerprint density at radius 2 is 1.56 bits per heavy atom. The van der Waals surface area contributed by atoms with Crippen molar-refractivity contribution < 1.29 is 23.7 Å². The van der Waals surface area contributed by atoms with E-state index in [4.69, 9.17) is 18.9 Å². The zero-order chi connectivity index (χ0) is 31.6. The molecule has 5 rings (SSSR count). The molecular formula is C38H44BrNO5. The van der Waals surface area contributed by atoms with Gasteiger partial charge < -0.3 is 23.8 Å². The van der Waals surface area contributed by atoms with Gasteiger partial charge in [-0.05, 0) is 78.4 Å². The Kier molecular flexibility index (Phi) is 11.5. The summed E-state index contributed by atoms with van der Waals surface area (Å²) in [6.07, 6.45) is 1.14. The summed E-state index contributed by atoms with van der Waals surface area (Å²) < 4.78 is 24.1. The molecule has 0 spiro atoms. The number of nitrogens with zero attached hydrogens (tertiary/aromatic N) is 1. The van der Waals surface area contributed by atoms with Crippen molar-refractivity contribution in [3.05, 3.63) is 113 Å². The van der Waals surface area contributed by atoms with E-state index in [2.05, 4.69) is 76.6 Å². The number of halogens is 1. The quantitative estimate of drug-likeness (QED) is 0.111. The maximum atomic E-state index is 13.0. The molecule has 1 aliphatic rings. The van der Waals surface area contributed by atoms with Gasteiger partial charge in [0.1, 0.15) is 11.4 Å². The van der Waals surface area contributed by atoms with E-state index >= 15 is 0 Å². The van der Waals surface area contributed by atoms with E-state index in [1.165, 1.54) is 27.5 Å². The molecule has 4 aromatic carbocycles. The number of rotatable bonds is 12. The summed E-state index contributed by atoms with van der Waals surface area (Å²) in [7, 11) is 0. The van der Waals surface area contributed by atoms with Gasteiger partial charge in [-0.2, -0.15) is 0 Å². The Labute approximate surface area is 275 Å². The molecule has 0 radical (unpaired) electrons. The van der Waals surface area contributed by atoms with Gasteiger partial charge in [-0.15, -0.1) is 0 Å². The van der Waals surface area contributed by atoms with Gasteiger partial charge in [-0.3, -0.25) is 0 Å². The Bertz CT molecular complexity index is 1520.